The summed E-state index contributed by atoms with van der Waals surface area (Å²) in [6, 6.07) is 14.6. The van der Waals surface area contributed by atoms with Gasteiger partial charge >= 0.3 is 5.97 Å². The van der Waals surface area contributed by atoms with Crippen LogP contribution in [0.25, 0.3) is 32.8 Å². The van der Waals surface area contributed by atoms with E-state index < -0.39 is 12.1 Å². The Morgan fingerprint density at radius 1 is 0.964 bits per heavy atom. The number of halogens is 2. The number of aromatic nitrogens is 5. The molecule has 1 fully saturated rings. The first-order valence-electron chi connectivity index (χ1n) is 18.9. The second-order valence-electron chi connectivity index (χ2n) is 14.7. The number of rotatable bonds is 4. The second-order valence-corrected chi connectivity index (χ2v) is 15.1. The van der Waals surface area contributed by atoms with Gasteiger partial charge in [-0.2, -0.15) is 10.2 Å². The number of aromatic carboxylic acids is 1. The molecule has 3 aromatic carbocycles. The Kier molecular flexibility index (Phi) is 10.4. The summed E-state index contributed by atoms with van der Waals surface area (Å²) in [5.41, 5.74) is 7.72. The fourth-order valence-corrected chi connectivity index (χ4v) is 8.58. The van der Waals surface area contributed by atoms with E-state index in [0.717, 1.165) is 80.8 Å². The van der Waals surface area contributed by atoms with Crippen molar-refractivity contribution in [2.75, 3.05) is 39.5 Å². The van der Waals surface area contributed by atoms with Crippen molar-refractivity contribution in [1.82, 2.24) is 29.0 Å². The number of ether oxygens (including phenoxy) is 3. The summed E-state index contributed by atoms with van der Waals surface area (Å²) < 4.78 is 38.9. The standard InChI is InChI=1S/C42H46ClFN6O5/c1-25-37-34-11-10-33(43)39(37)38-26(2)47(3)46-40(38)35(12-14-49-15-18-53-19-16-49)55-24-30-23-31(48(4)45-30)8-6-27-20-28-22-29(44)7-9-32(28)36(21-27)54-17-5-13-50(34)41(25)42(51)52/h7,9-11,20-23,35H,5-6,8,12-19,24H2,1-4H3,(H,51,52). The summed E-state index contributed by atoms with van der Waals surface area (Å²) in [6.07, 6.45) is 2.19. The predicted molar refractivity (Wildman–Crippen MR) is 210 cm³/mol. The molecule has 5 heterocycles. The van der Waals surface area contributed by atoms with Crippen molar-refractivity contribution in [3.63, 3.8) is 0 Å². The third-order valence-electron chi connectivity index (χ3n) is 11.2. The number of nitrogens with zero attached hydrogens (tertiary/aromatic N) is 6. The van der Waals surface area contributed by atoms with Crippen LogP contribution in [0.2, 0.25) is 5.02 Å². The minimum atomic E-state index is -1.02. The van der Waals surface area contributed by atoms with Gasteiger partial charge < -0.3 is 23.9 Å². The molecule has 1 unspecified atom stereocenters. The van der Waals surface area contributed by atoms with E-state index in [0.29, 0.717) is 68.4 Å². The largest absolute Gasteiger partial charge is 0.493 e. The predicted octanol–water partition coefficient (Wildman–Crippen LogP) is 7.58. The Balaban J connectivity index is 1.27. The lowest BCUT2D eigenvalue weighted by Crippen LogP contribution is -2.37. The van der Waals surface area contributed by atoms with Gasteiger partial charge in [-0.05, 0) is 98.5 Å². The van der Waals surface area contributed by atoms with Gasteiger partial charge in [-0.25, -0.2) is 9.18 Å². The number of aryl methyl sites for hydroxylation is 6. The highest BCUT2D eigenvalue weighted by Gasteiger charge is 2.31. The molecule has 0 saturated carbocycles. The van der Waals surface area contributed by atoms with Gasteiger partial charge in [-0.1, -0.05) is 17.7 Å². The summed E-state index contributed by atoms with van der Waals surface area (Å²) in [7, 11) is 3.86. The summed E-state index contributed by atoms with van der Waals surface area (Å²) in [5, 5.41) is 23.4. The third kappa shape index (κ3) is 7.24. The van der Waals surface area contributed by atoms with Crippen LogP contribution in [-0.2, 0) is 49.6 Å². The Morgan fingerprint density at radius 3 is 2.58 bits per heavy atom. The molecule has 8 rings (SSSR count). The molecule has 2 aliphatic heterocycles. The molecule has 8 bridgehead atoms. The van der Waals surface area contributed by atoms with Crippen molar-refractivity contribution in [3.8, 4) is 16.9 Å². The molecule has 3 aromatic heterocycles. The van der Waals surface area contributed by atoms with Crippen LogP contribution in [0.5, 0.6) is 5.75 Å². The average molecular weight is 769 g/mol. The molecule has 0 amide bonds. The van der Waals surface area contributed by atoms with E-state index in [9.17, 15) is 14.3 Å². The number of morpholine rings is 1. The van der Waals surface area contributed by atoms with E-state index >= 15 is 0 Å². The van der Waals surface area contributed by atoms with Crippen LogP contribution in [0.1, 0.15) is 63.3 Å². The quantitative estimate of drug-likeness (QED) is 0.196. The maximum Gasteiger partial charge on any atom is 0.352 e. The van der Waals surface area contributed by atoms with Gasteiger partial charge in [-0.3, -0.25) is 14.3 Å². The smallest absolute Gasteiger partial charge is 0.352 e. The minimum Gasteiger partial charge on any atom is -0.493 e. The van der Waals surface area contributed by atoms with Crippen LogP contribution >= 0.6 is 11.6 Å². The van der Waals surface area contributed by atoms with E-state index in [4.69, 9.17) is 36.0 Å². The number of carboxylic acid groups (broad SMARTS) is 1. The molecular formula is C42H46ClFN6O5. The molecule has 1 atom stereocenters. The number of benzene rings is 3. The van der Waals surface area contributed by atoms with E-state index in [1.807, 2.05) is 66.1 Å². The first-order valence-corrected chi connectivity index (χ1v) is 19.3. The molecule has 6 aromatic rings. The van der Waals surface area contributed by atoms with Crippen LogP contribution < -0.4 is 4.74 Å². The fraction of sp³-hybridized carbons (Fsp3) is 0.405. The zero-order valence-corrected chi connectivity index (χ0v) is 32.5. The van der Waals surface area contributed by atoms with Crippen LogP contribution in [0.4, 0.5) is 4.39 Å². The average Bonchev–Trinajstić information content (AvgIpc) is 3.77. The van der Waals surface area contributed by atoms with Gasteiger partial charge in [0.05, 0.1) is 37.8 Å². The van der Waals surface area contributed by atoms with Gasteiger partial charge in [0, 0.05) is 84.1 Å². The van der Waals surface area contributed by atoms with Gasteiger partial charge in [0.1, 0.15) is 23.4 Å². The van der Waals surface area contributed by atoms with Gasteiger partial charge in [0.2, 0.25) is 0 Å². The van der Waals surface area contributed by atoms with Crippen molar-refractivity contribution in [3.05, 3.63) is 99.0 Å². The molecule has 0 aliphatic carbocycles. The Morgan fingerprint density at radius 2 is 1.78 bits per heavy atom. The molecular weight excluding hydrogens is 723 g/mol. The Bertz CT molecular complexity index is 2410. The number of carbonyl (C=O) groups is 1. The number of fused-ring (bicyclic) bond motifs is 8. The summed E-state index contributed by atoms with van der Waals surface area (Å²) in [5.74, 6) is -0.659. The van der Waals surface area contributed by atoms with Gasteiger partial charge in [0.25, 0.3) is 0 Å². The second kappa shape index (κ2) is 15.4. The molecule has 1 saturated heterocycles. The van der Waals surface area contributed by atoms with Crippen molar-refractivity contribution in [2.24, 2.45) is 14.1 Å². The molecule has 0 spiro atoms. The number of hydrogen-bond donors (Lipinski definition) is 1. The van der Waals surface area contributed by atoms with Crippen LogP contribution in [0.3, 0.4) is 0 Å². The first kappa shape index (κ1) is 37.2. The fourth-order valence-electron chi connectivity index (χ4n) is 8.32. The monoisotopic (exact) mass is 768 g/mol. The maximum absolute atomic E-state index is 14.4. The highest BCUT2D eigenvalue weighted by atomic mass is 35.5. The van der Waals surface area contributed by atoms with Gasteiger partial charge in [0.15, 0.2) is 0 Å². The Labute approximate surface area is 324 Å². The number of carboxylic acids is 1. The maximum atomic E-state index is 14.4. The lowest BCUT2D eigenvalue weighted by Gasteiger charge is -2.28. The molecule has 1 N–H and O–H groups in total. The zero-order chi connectivity index (χ0) is 38.4. The van der Waals surface area contributed by atoms with Crippen molar-refractivity contribution in [1.29, 1.82) is 0 Å². The van der Waals surface area contributed by atoms with Crippen molar-refractivity contribution < 1.29 is 28.5 Å². The SMILES string of the molecule is Cc1c(C(=O)O)n2c3ccc(Cl)c(c13)-c1c(nn(C)c1C)C(CCN1CCOCC1)OCc1cc(n(C)n1)CCc1cc(c3ccc(F)cc3c1)OCCC2. The van der Waals surface area contributed by atoms with Gasteiger partial charge in [-0.15, -0.1) is 0 Å². The van der Waals surface area contributed by atoms with Crippen LogP contribution in [0.15, 0.2) is 48.5 Å². The summed E-state index contributed by atoms with van der Waals surface area (Å²) in [6.45, 7) is 8.72. The lowest BCUT2D eigenvalue weighted by molar-refractivity contribution is 0.00358. The van der Waals surface area contributed by atoms with E-state index in [-0.39, 0.29) is 18.1 Å². The van der Waals surface area contributed by atoms with E-state index in [1.54, 1.807) is 6.07 Å². The van der Waals surface area contributed by atoms with Crippen LogP contribution in [0, 0.1) is 19.7 Å². The first-order chi connectivity index (χ1) is 26.6. The normalized spacial score (nSPS) is 17.3. The molecule has 55 heavy (non-hydrogen) atoms. The van der Waals surface area contributed by atoms with Crippen molar-refractivity contribution >= 4 is 39.2 Å². The lowest BCUT2D eigenvalue weighted by atomic mass is 9.94. The molecule has 2 aliphatic rings. The Hall–Kier alpha value is -4.75. The van der Waals surface area contributed by atoms with Crippen LogP contribution in [-0.4, -0.2) is 79.6 Å². The highest BCUT2D eigenvalue weighted by molar-refractivity contribution is 6.35. The summed E-state index contributed by atoms with van der Waals surface area (Å²) in [4.78, 5) is 15.4. The molecule has 11 nitrogen and oxygen atoms in total. The topological polar surface area (TPSA) is 109 Å². The highest BCUT2D eigenvalue weighted by Crippen LogP contribution is 2.44. The van der Waals surface area contributed by atoms with Crippen molar-refractivity contribution in [2.45, 2.75) is 58.8 Å². The minimum absolute atomic E-state index is 0.206. The van der Waals surface area contributed by atoms with E-state index in [1.165, 1.54) is 12.1 Å². The summed E-state index contributed by atoms with van der Waals surface area (Å²) >= 11 is 7.16. The molecule has 0 radical (unpaired) electrons. The molecule has 13 heteroatoms. The van der Waals surface area contributed by atoms with E-state index in [2.05, 4.69) is 11.0 Å². The third-order valence-corrected chi connectivity index (χ3v) is 11.5. The zero-order valence-electron chi connectivity index (χ0n) is 31.7. The number of hydrogen-bond acceptors (Lipinski definition) is 7. The molecule has 288 valence electrons.